The average molecular weight is 776 g/mol. The minimum Gasteiger partial charge on any atom is -0.456 e. The van der Waals surface area contributed by atoms with Crippen LogP contribution in [0, 0.1) is 29.6 Å². The largest absolute Gasteiger partial charge is 0.456 e. The number of rotatable bonds is 7. The lowest BCUT2D eigenvalue weighted by Crippen LogP contribution is -2.66. The van der Waals surface area contributed by atoms with Gasteiger partial charge in [0.2, 0.25) is 0 Å². The number of carbonyl (C=O) groups is 3. The van der Waals surface area contributed by atoms with E-state index in [0.717, 1.165) is 5.57 Å². The maximum Gasteiger partial charge on any atom is 0.329 e. The van der Waals surface area contributed by atoms with E-state index in [1.165, 1.54) is 4.90 Å². The number of cyclic esters (lactones) is 1. The Hall–Kier alpha value is -2.45. The van der Waals surface area contributed by atoms with Crippen molar-refractivity contribution in [1.82, 2.24) is 4.90 Å². The molecule has 2 bridgehead atoms. The topological polar surface area (TPSA) is 161 Å². The molecule has 12 nitrogen and oxygen atoms in total. The lowest BCUT2D eigenvalue weighted by Gasteiger charge is -2.49. The SMILES string of the molecule is C=CCC1C=C(C)CC(C)CC(OC)C2OC(O)(C(=O)N3CCCCC3C(=O)OC(/C(C)=C/C3CCC(O)C(OC)C3)C(C)C(O)CC1=O)C(C)CC2OC. The molecule has 3 N–H and O–H groups in total. The number of carbonyl (C=O) groups excluding carboxylic acids is 3. The van der Waals surface area contributed by atoms with Gasteiger partial charge in [0.15, 0.2) is 0 Å². The Kier molecular flexibility index (Phi) is 16.7. The quantitative estimate of drug-likeness (QED) is 0.234. The van der Waals surface area contributed by atoms with Gasteiger partial charge in [-0.3, -0.25) is 9.59 Å². The standard InChI is InChI=1S/C43H69NO11/c1-10-13-31-19-25(2)18-26(3)20-37(52-8)40-38(53-9)22-28(5)43(50,55-40)42(49)44-17-12-11-14-32(44)41(48)54-39(29(6)34(46)24-35(31)47)27(4)21-30-15-16-33(45)36(23-30)51-7/h10,19,21,26,28-34,36-40,45-46,50H,1,11-18,20,22-24H2,2-9H3/b25-19?,27-21+. The van der Waals surface area contributed by atoms with Crippen LogP contribution >= 0.6 is 0 Å². The molecule has 4 aliphatic rings. The van der Waals surface area contributed by atoms with E-state index in [0.29, 0.717) is 69.8 Å². The molecule has 1 aliphatic carbocycles. The van der Waals surface area contributed by atoms with Crippen molar-refractivity contribution in [3.8, 4) is 0 Å². The van der Waals surface area contributed by atoms with Crippen LogP contribution in [0.5, 0.6) is 0 Å². The van der Waals surface area contributed by atoms with Crippen molar-refractivity contribution >= 4 is 17.7 Å². The summed E-state index contributed by atoms with van der Waals surface area (Å²) in [6, 6.07) is -1.00. The first-order chi connectivity index (χ1) is 26.1. The molecule has 312 valence electrons. The number of ketones is 1. The Morgan fingerprint density at radius 3 is 2.27 bits per heavy atom. The monoisotopic (exact) mass is 775 g/mol. The second kappa shape index (κ2) is 20.3. The molecule has 3 fully saturated rings. The summed E-state index contributed by atoms with van der Waals surface area (Å²) in [6.07, 6.45) is 6.20. The van der Waals surface area contributed by atoms with E-state index in [2.05, 4.69) is 13.5 Å². The number of nitrogens with zero attached hydrogens (tertiary/aromatic N) is 1. The lowest BCUT2D eigenvalue weighted by atomic mass is 9.81. The maximum atomic E-state index is 14.6. The van der Waals surface area contributed by atoms with Crippen LogP contribution in [0.3, 0.4) is 0 Å². The fourth-order valence-corrected chi connectivity index (χ4v) is 9.33. The number of aliphatic hydroxyl groups excluding tert-OH is 2. The van der Waals surface area contributed by atoms with Crippen LogP contribution in [-0.4, -0.2) is 120 Å². The molecule has 2 saturated heterocycles. The van der Waals surface area contributed by atoms with Crippen LogP contribution in [0.1, 0.15) is 105 Å². The third-order valence-electron chi connectivity index (χ3n) is 12.7. The van der Waals surface area contributed by atoms with Crippen LogP contribution in [0.15, 0.2) is 36.0 Å². The van der Waals surface area contributed by atoms with Crippen molar-refractivity contribution in [2.75, 3.05) is 27.9 Å². The first-order valence-corrected chi connectivity index (χ1v) is 20.4. The summed E-state index contributed by atoms with van der Waals surface area (Å²) < 4.78 is 30.1. The predicted octanol–water partition coefficient (Wildman–Crippen LogP) is 5.07. The first-order valence-electron chi connectivity index (χ1n) is 20.4. The molecule has 0 spiro atoms. The zero-order valence-electron chi connectivity index (χ0n) is 34.5. The molecule has 0 aromatic rings. The fraction of sp³-hybridized carbons (Fsp3) is 0.791. The number of amides is 1. The number of piperidine rings is 1. The molecule has 4 rings (SSSR count). The van der Waals surface area contributed by atoms with Crippen LogP contribution in [0.2, 0.25) is 0 Å². The van der Waals surface area contributed by atoms with Gasteiger partial charge in [-0.05, 0) is 95.5 Å². The van der Waals surface area contributed by atoms with Gasteiger partial charge in [0, 0.05) is 52.0 Å². The van der Waals surface area contributed by atoms with E-state index in [1.807, 2.05) is 26.0 Å². The lowest BCUT2D eigenvalue weighted by molar-refractivity contribution is -0.309. The molecule has 3 aliphatic heterocycles. The number of hydrogen-bond donors (Lipinski definition) is 3. The van der Waals surface area contributed by atoms with Gasteiger partial charge >= 0.3 is 5.97 Å². The molecular weight excluding hydrogens is 706 g/mol. The number of aliphatic hydroxyl groups is 3. The number of fused-ring (bicyclic) bond motifs is 3. The first kappa shape index (κ1) is 45.3. The van der Waals surface area contributed by atoms with Crippen LogP contribution in [-0.2, 0) is 38.1 Å². The van der Waals surface area contributed by atoms with Crippen LogP contribution in [0.25, 0.3) is 0 Å². The van der Waals surface area contributed by atoms with Gasteiger partial charge in [-0.25, -0.2) is 4.79 Å². The Morgan fingerprint density at radius 2 is 1.62 bits per heavy atom. The highest BCUT2D eigenvalue weighted by atomic mass is 16.7. The number of esters is 1. The second-order valence-electron chi connectivity index (χ2n) is 16.9. The third kappa shape index (κ3) is 10.9. The minimum atomic E-state index is -2.24. The number of Topliss-reactive ketones (excluding diaryl/α,β-unsaturated/α-hetero) is 1. The van der Waals surface area contributed by atoms with Crippen molar-refractivity contribution in [3.63, 3.8) is 0 Å². The molecule has 0 aromatic carbocycles. The summed E-state index contributed by atoms with van der Waals surface area (Å²) in [7, 11) is 4.74. The number of ether oxygens (including phenoxy) is 5. The maximum absolute atomic E-state index is 14.6. The fourth-order valence-electron chi connectivity index (χ4n) is 9.33. The van der Waals surface area contributed by atoms with Crippen molar-refractivity contribution in [2.45, 2.75) is 160 Å². The van der Waals surface area contributed by atoms with Gasteiger partial charge in [0.25, 0.3) is 11.7 Å². The van der Waals surface area contributed by atoms with E-state index < -0.39 is 78.1 Å². The summed E-state index contributed by atoms with van der Waals surface area (Å²) in [5.74, 6) is -5.46. The highest BCUT2D eigenvalue weighted by molar-refractivity contribution is 5.89. The zero-order valence-corrected chi connectivity index (χ0v) is 34.5. The molecule has 1 amide bonds. The number of allylic oxidation sites excluding steroid dienone is 4. The zero-order chi connectivity index (χ0) is 40.6. The van der Waals surface area contributed by atoms with Crippen molar-refractivity contribution in [3.05, 3.63) is 36.0 Å². The van der Waals surface area contributed by atoms with E-state index in [9.17, 15) is 29.7 Å². The molecule has 3 heterocycles. The molecule has 14 unspecified atom stereocenters. The highest BCUT2D eigenvalue weighted by Gasteiger charge is 2.56. The summed E-state index contributed by atoms with van der Waals surface area (Å²) >= 11 is 0. The van der Waals surface area contributed by atoms with Crippen molar-refractivity contribution < 1.29 is 53.4 Å². The van der Waals surface area contributed by atoms with Gasteiger partial charge in [0.05, 0.1) is 30.5 Å². The van der Waals surface area contributed by atoms with Crippen LogP contribution in [0.4, 0.5) is 0 Å². The van der Waals surface area contributed by atoms with Gasteiger partial charge in [-0.2, -0.15) is 0 Å². The Labute approximate surface area is 328 Å². The summed E-state index contributed by atoms with van der Waals surface area (Å²) in [6.45, 7) is 13.6. The molecule has 0 radical (unpaired) electrons. The molecule has 0 aromatic heterocycles. The van der Waals surface area contributed by atoms with E-state index in [1.54, 1.807) is 41.3 Å². The molecule has 12 heteroatoms. The van der Waals surface area contributed by atoms with Gasteiger partial charge in [-0.15, -0.1) is 6.58 Å². The van der Waals surface area contributed by atoms with Crippen molar-refractivity contribution in [1.29, 1.82) is 0 Å². The van der Waals surface area contributed by atoms with E-state index >= 15 is 0 Å². The van der Waals surface area contributed by atoms with E-state index in [4.69, 9.17) is 23.7 Å². The summed E-state index contributed by atoms with van der Waals surface area (Å²) in [4.78, 5) is 44.2. The normalized spacial score (nSPS) is 40.8. The summed E-state index contributed by atoms with van der Waals surface area (Å²) in [5.41, 5.74) is 1.70. The Morgan fingerprint density at radius 1 is 0.945 bits per heavy atom. The van der Waals surface area contributed by atoms with Crippen molar-refractivity contribution in [2.24, 2.45) is 29.6 Å². The smallest absolute Gasteiger partial charge is 0.329 e. The average Bonchev–Trinajstić information content (AvgIpc) is 3.16. The van der Waals surface area contributed by atoms with Gasteiger partial charge in [-0.1, -0.05) is 44.6 Å². The van der Waals surface area contributed by atoms with Gasteiger partial charge in [0.1, 0.15) is 24.0 Å². The third-order valence-corrected chi connectivity index (χ3v) is 12.7. The number of methoxy groups -OCH3 is 3. The number of hydrogen-bond acceptors (Lipinski definition) is 11. The predicted molar refractivity (Wildman–Crippen MR) is 208 cm³/mol. The van der Waals surface area contributed by atoms with E-state index in [-0.39, 0.29) is 36.7 Å². The highest BCUT2D eigenvalue weighted by Crippen LogP contribution is 2.40. The Bertz CT molecular complexity index is 1380. The molecule has 14 atom stereocenters. The summed E-state index contributed by atoms with van der Waals surface area (Å²) in [5, 5.41) is 34.3. The van der Waals surface area contributed by atoms with Crippen LogP contribution < -0.4 is 0 Å². The molecule has 1 saturated carbocycles. The minimum absolute atomic E-state index is 0.0262. The Balaban J connectivity index is 1.78. The second-order valence-corrected chi connectivity index (χ2v) is 16.9. The molecule has 55 heavy (non-hydrogen) atoms. The molecular formula is C43H69NO11. The van der Waals surface area contributed by atoms with Gasteiger partial charge < -0.3 is 43.9 Å².